The minimum absolute atomic E-state index is 0.119. The van der Waals surface area contributed by atoms with Gasteiger partial charge in [-0.2, -0.15) is 0 Å². The topological polar surface area (TPSA) is 78.7 Å². The molecule has 1 aliphatic rings. The van der Waals surface area contributed by atoms with E-state index in [4.69, 9.17) is 4.52 Å². The number of amides is 2. The second-order valence-corrected chi connectivity index (χ2v) is 6.22. The van der Waals surface area contributed by atoms with Crippen LogP contribution in [-0.4, -0.2) is 66.0 Å². The van der Waals surface area contributed by atoms with Gasteiger partial charge in [0.05, 0.1) is 0 Å². The molecule has 0 unspecified atom stereocenters. The molecule has 1 saturated heterocycles. The number of aromatic nitrogens is 1. The Balaban J connectivity index is 1.39. The molecule has 0 aliphatic carbocycles. The number of hydrogen-bond acceptors (Lipinski definition) is 5. The summed E-state index contributed by atoms with van der Waals surface area (Å²) in [6.45, 7) is 5.61. The molecule has 2 heterocycles. The molecule has 0 spiro atoms. The average molecular weight is 360 g/mol. The van der Waals surface area contributed by atoms with Crippen LogP contribution in [-0.2, 0) is 0 Å². The molecule has 1 aliphatic heterocycles. The average Bonchev–Trinajstić information content (AvgIpc) is 3.08. The van der Waals surface area contributed by atoms with Crippen LogP contribution in [0.1, 0.15) is 26.6 Å². The number of aryl methyl sites for hydroxylation is 1. The van der Waals surface area contributed by atoms with Gasteiger partial charge in [-0.25, -0.2) is 4.39 Å². The lowest BCUT2D eigenvalue weighted by atomic mass is 10.2. The third-order valence-corrected chi connectivity index (χ3v) is 4.33. The molecule has 1 fully saturated rings. The van der Waals surface area contributed by atoms with Crippen molar-refractivity contribution < 1.29 is 18.5 Å². The van der Waals surface area contributed by atoms with Crippen molar-refractivity contribution in [3.05, 3.63) is 53.2 Å². The Hall–Kier alpha value is -2.74. The highest BCUT2D eigenvalue weighted by molar-refractivity contribution is 5.94. The smallest absolute Gasteiger partial charge is 0.276 e. The summed E-state index contributed by atoms with van der Waals surface area (Å²) in [6.07, 6.45) is 0. The predicted octanol–water partition coefficient (Wildman–Crippen LogP) is 1.31. The van der Waals surface area contributed by atoms with Gasteiger partial charge >= 0.3 is 0 Å². The molecule has 26 heavy (non-hydrogen) atoms. The van der Waals surface area contributed by atoms with E-state index in [1.54, 1.807) is 17.9 Å². The molecule has 2 aromatic rings. The van der Waals surface area contributed by atoms with Crippen LogP contribution in [0, 0.1) is 12.7 Å². The zero-order valence-electron chi connectivity index (χ0n) is 14.6. The first-order chi connectivity index (χ1) is 12.5. The van der Waals surface area contributed by atoms with Gasteiger partial charge in [0.15, 0.2) is 5.69 Å². The molecular formula is C18H21FN4O3. The fourth-order valence-corrected chi connectivity index (χ4v) is 2.83. The zero-order chi connectivity index (χ0) is 18.5. The van der Waals surface area contributed by atoms with Crippen molar-refractivity contribution >= 4 is 11.8 Å². The molecule has 0 bridgehead atoms. The van der Waals surface area contributed by atoms with Crippen molar-refractivity contribution in [2.24, 2.45) is 0 Å². The number of benzene rings is 1. The van der Waals surface area contributed by atoms with Crippen LogP contribution in [0.3, 0.4) is 0 Å². The minimum atomic E-state index is -0.366. The molecule has 2 amide bonds. The Morgan fingerprint density at radius 3 is 2.50 bits per heavy atom. The highest BCUT2D eigenvalue weighted by Gasteiger charge is 2.24. The molecule has 1 aromatic heterocycles. The van der Waals surface area contributed by atoms with Gasteiger partial charge in [0.1, 0.15) is 11.6 Å². The van der Waals surface area contributed by atoms with Gasteiger partial charge in [0.2, 0.25) is 0 Å². The van der Waals surface area contributed by atoms with Crippen LogP contribution in [0.15, 0.2) is 34.9 Å². The number of rotatable bonds is 5. The standard InChI is InChI=1S/C18H21FN4O3/c1-13-12-16(21-26-13)18(25)23-10-8-22(9-11-23)7-6-20-17(24)14-2-4-15(19)5-3-14/h2-5,12H,6-11H2,1H3,(H,20,24). The lowest BCUT2D eigenvalue weighted by molar-refractivity contribution is 0.0628. The van der Waals surface area contributed by atoms with E-state index < -0.39 is 0 Å². The largest absolute Gasteiger partial charge is 0.361 e. The summed E-state index contributed by atoms with van der Waals surface area (Å²) in [6, 6.07) is 7.09. The predicted molar refractivity (Wildman–Crippen MR) is 92.3 cm³/mol. The van der Waals surface area contributed by atoms with Gasteiger partial charge in [0, 0.05) is 50.9 Å². The van der Waals surface area contributed by atoms with Crippen LogP contribution in [0.2, 0.25) is 0 Å². The van der Waals surface area contributed by atoms with Gasteiger partial charge in [0.25, 0.3) is 11.8 Å². The Labute approximate surface area is 150 Å². The van der Waals surface area contributed by atoms with Crippen LogP contribution < -0.4 is 5.32 Å². The summed E-state index contributed by atoms with van der Waals surface area (Å²) in [7, 11) is 0. The summed E-state index contributed by atoms with van der Waals surface area (Å²) in [5, 5.41) is 6.58. The van der Waals surface area contributed by atoms with E-state index in [1.807, 2.05) is 0 Å². The second-order valence-electron chi connectivity index (χ2n) is 6.22. The third kappa shape index (κ3) is 4.45. The first kappa shape index (κ1) is 18.1. The number of halogens is 1. The SMILES string of the molecule is Cc1cc(C(=O)N2CCN(CCNC(=O)c3ccc(F)cc3)CC2)no1. The molecule has 1 aromatic carbocycles. The maximum atomic E-state index is 12.9. The Bertz CT molecular complexity index is 767. The molecule has 7 nitrogen and oxygen atoms in total. The summed E-state index contributed by atoms with van der Waals surface area (Å²) >= 11 is 0. The molecule has 3 rings (SSSR count). The first-order valence-corrected chi connectivity index (χ1v) is 8.51. The number of hydrogen-bond donors (Lipinski definition) is 1. The van der Waals surface area contributed by atoms with E-state index >= 15 is 0 Å². The molecule has 0 atom stereocenters. The van der Waals surface area contributed by atoms with Gasteiger partial charge in [-0.3, -0.25) is 14.5 Å². The van der Waals surface area contributed by atoms with Crippen LogP contribution in [0.25, 0.3) is 0 Å². The van der Waals surface area contributed by atoms with Crippen molar-refractivity contribution in [3.8, 4) is 0 Å². The van der Waals surface area contributed by atoms with Gasteiger partial charge in [-0.1, -0.05) is 5.16 Å². The maximum absolute atomic E-state index is 12.9. The second kappa shape index (κ2) is 8.09. The van der Waals surface area contributed by atoms with E-state index in [1.165, 1.54) is 24.3 Å². The lowest BCUT2D eigenvalue weighted by Gasteiger charge is -2.34. The van der Waals surface area contributed by atoms with E-state index in [0.717, 1.165) is 13.1 Å². The Kier molecular flexibility index (Phi) is 5.62. The monoisotopic (exact) mass is 360 g/mol. The van der Waals surface area contributed by atoms with Crippen molar-refractivity contribution in [2.45, 2.75) is 6.92 Å². The lowest BCUT2D eigenvalue weighted by Crippen LogP contribution is -2.50. The molecule has 8 heteroatoms. The normalized spacial score (nSPS) is 15.1. The van der Waals surface area contributed by atoms with Gasteiger partial charge in [-0.05, 0) is 31.2 Å². The van der Waals surface area contributed by atoms with Gasteiger partial charge < -0.3 is 14.7 Å². The number of nitrogens with zero attached hydrogens (tertiary/aromatic N) is 3. The number of carbonyl (C=O) groups excluding carboxylic acids is 2. The molecule has 1 N–H and O–H groups in total. The summed E-state index contributed by atoms with van der Waals surface area (Å²) < 4.78 is 17.8. The van der Waals surface area contributed by atoms with E-state index in [2.05, 4.69) is 15.4 Å². The fourth-order valence-electron chi connectivity index (χ4n) is 2.83. The first-order valence-electron chi connectivity index (χ1n) is 8.51. The van der Waals surface area contributed by atoms with E-state index in [0.29, 0.717) is 43.2 Å². The zero-order valence-corrected chi connectivity index (χ0v) is 14.6. The molecule has 0 radical (unpaired) electrons. The van der Waals surface area contributed by atoms with Crippen molar-refractivity contribution in [2.75, 3.05) is 39.3 Å². The third-order valence-electron chi connectivity index (χ3n) is 4.33. The molecule has 138 valence electrons. The van der Waals surface area contributed by atoms with Crippen LogP contribution >= 0.6 is 0 Å². The minimum Gasteiger partial charge on any atom is -0.361 e. The summed E-state index contributed by atoms with van der Waals surface area (Å²) in [4.78, 5) is 28.2. The summed E-state index contributed by atoms with van der Waals surface area (Å²) in [5.41, 5.74) is 0.771. The van der Waals surface area contributed by atoms with Crippen LogP contribution in [0.4, 0.5) is 4.39 Å². The Morgan fingerprint density at radius 1 is 1.19 bits per heavy atom. The molecule has 0 saturated carbocycles. The van der Waals surface area contributed by atoms with Gasteiger partial charge in [-0.15, -0.1) is 0 Å². The van der Waals surface area contributed by atoms with Crippen molar-refractivity contribution in [1.29, 1.82) is 0 Å². The summed E-state index contributed by atoms with van der Waals surface area (Å²) in [5.74, 6) is -0.0926. The van der Waals surface area contributed by atoms with E-state index in [-0.39, 0.29) is 17.6 Å². The number of nitrogens with one attached hydrogen (secondary N) is 1. The molecular weight excluding hydrogens is 339 g/mol. The number of piperazine rings is 1. The fraction of sp³-hybridized carbons (Fsp3) is 0.389. The van der Waals surface area contributed by atoms with Crippen molar-refractivity contribution in [3.63, 3.8) is 0 Å². The maximum Gasteiger partial charge on any atom is 0.276 e. The van der Waals surface area contributed by atoms with Crippen molar-refractivity contribution in [1.82, 2.24) is 20.3 Å². The number of carbonyl (C=O) groups is 2. The van der Waals surface area contributed by atoms with Crippen LogP contribution in [0.5, 0.6) is 0 Å². The quantitative estimate of drug-likeness (QED) is 0.870. The Morgan fingerprint density at radius 2 is 1.88 bits per heavy atom. The van der Waals surface area contributed by atoms with E-state index in [9.17, 15) is 14.0 Å². The highest BCUT2D eigenvalue weighted by atomic mass is 19.1. The highest BCUT2D eigenvalue weighted by Crippen LogP contribution is 2.09.